The van der Waals surface area contributed by atoms with Crippen LogP contribution in [-0.2, 0) is 19.1 Å². The summed E-state index contributed by atoms with van der Waals surface area (Å²) in [5.74, 6) is -0.0783. The molecule has 0 atom stereocenters. The molecule has 116 valence electrons. The van der Waals surface area contributed by atoms with E-state index in [9.17, 15) is 9.59 Å². The van der Waals surface area contributed by atoms with Gasteiger partial charge in [-0.3, -0.25) is 9.59 Å². The van der Waals surface area contributed by atoms with E-state index >= 15 is 0 Å². The van der Waals surface area contributed by atoms with Crippen LogP contribution in [0.1, 0.15) is 25.7 Å². The maximum absolute atomic E-state index is 11.1. The predicted octanol–water partition coefficient (Wildman–Crippen LogP) is 1.84. The van der Waals surface area contributed by atoms with Gasteiger partial charge in [0.15, 0.2) is 11.5 Å². The van der Waals surface area contributed by atoms with Crippen molar-refractivity contribution in [3.8, 4) is 17.2 Å². The normalized spacial score (nSPS) is 10.0. The molecule has 1 aromatic carbocycles. The fourth-order valence-corrected chi connectivity index (χ4v) is 1.70. The van der Waals surface area contributed by atoms with Gasteiger partial charge in [-0.1, -0.05) is 0 Å². The molecule has 1 rings (SSSR count). The molecule has 0 aliphatic carbocycles. The molecule has 0 bridgehead atoms. The number of hydrogen-bond donors (Lipinski definition) is 0. The van der Waals surface area contributed by atoms with E-state index in [1.807, 2.05) is 0 Å². The standard InChI is InChI=1S/C14H18O7/c1-8(15)20-14(21-9(2)16)10-6-11(17-3)13(19-5)12(7-10)18-4/h6-7,14H,1-5H3. The molecule has 1 aromatic rings. The maximum atomic E-state index is 11.1. The van der Waals surface area contributed by atoms with Crippen molar-refractivity contribution >= 4 is 11.9 Å². The van der Waals surface area contributed by atoms with E-state index in [1.165, 1.54) is 47.3 Å². The highest BCUT2D eigenvalue weighted by atomic mass is 16.7. The lowest BCUT2D eigenvalue weighted by molar-refractivity contribution is -0.186. The van der Waals surface area contributed by atoms with Crippen LogP contribution in [0.25, 0.3) is 0 Å². The lowest BCUT2D eigenvalue weighted by atomic mass is 10.1. The van der Waals surface area contributed by atoms with Gasteiger partial charge in [0, 0.05) is 19.4 Å². The van der Waals surface area contributed by atoms with Crippen molar-refractivity contribution < 1.29 is 33.3 Å². The van der Waals surface area contributed by atoms with Gasteiger partial charge in [-0.15, -0.1) is 0 Å². The minimum atomic E-state index is -1.19. The second kappa shape index (κ2) is 7.37. The number of carbonyl (C=O) groups excluding carboxylic acids is 2. The Morgan fingerprint density at radius 2 is 1.29 bits per heavy atom. The summed E-state index contributed by atoms with van der Waals surface area (Å²) in [6.07, 6.45) is -1.19. The van der Waals surface area contributed by atoms with Crippen LogP contribution >= 0.6 is 0 Å². The van der Waals surface area contributed by atoms with Gasteiger partial charge in [-0.05, 0) is 12.1 Å². The number of methoxy groups -OCH3 is 3. The van der Waals surface area contributed by atoms with E-state index < -0.39 is 18.2 Å². The molecular weight excluding hydrogens is 280 g/mol. The first-order chi connectivity index (χ1) is 9.92. The SMILES string of the molecule is COc1cc(C(OC(C)=O)OC(C)=O)cc(OC)c1OC. The molecule has 0 aromatic heterocycles. The third-order valence-electron chi connectivity index (χ3n) is 2.51. The Balaban J connectivity index is 3.29. The molecule has 0 amide bonds. The third-order valence-corrected chi connectivity index (χ3v) is 2.51. The Morgan fingerprint density at radius 1 is 0.857 bits per heavy atom. The summed E-state index contributed by atoms with van der Waals surface area (Å²) in [6, 6.07) is 3.08. The first-order valence-electron chi connectivity index (χ1n) is 6.07. The van der Waals surface area contributed by atoms with Gasteiger partial charge in [0.05, 0.1) is 21.3 Å². The van der Waals surface area contributed by atoms with E-state index in [0.29, 0.717) is 22.8 Å². The Labute approximate surface area is 122 Å². The quantitative estimate of drug-likeness (QED) is 0.585. The summed E-state index contributed by atoms with van der Waals surface area (Å²) in [7, 11) is 4.37. The largest absolute Gasteiger partial charge is 0.493 e. The lowest BCUT2D eigenvalue weighted by Gasteiger charge is -2.20. The molecule has 7 heteroatoms. The number of rotatable bonds is 6. The summed E-state index contributed by atoms with van der Waals surface area (Å²) < 4.78 is 25.5. The first-order valence-corrected chi connectivity index (χ1v) is 6.07. The van der Waals surface area contributed by atoms with Crippen LogP contribution in [0.2, 0.25) is 0 Å². The first kappa shape index (κ1) is 16.6. The summed E-state index contributed by atoms with van der Waals surface area (Å²) in [4.78, 5) is 22.3. The van der Waals surface area contributed by atoms with Crippen LogP contribution in [0.5, 0.6) is 17.2 Å². The number of ether oxygens (including phenoxy) is 5. The fourth-order valence-electron chi connectivity index (χ4n) is 1.70. The Hall–Kier alpha value is -2.44. The molecule has 0 aliphatic heterocycles. The van der Waals surface area contributed by atoms with Crippen LogP contribution in [0.3, 0.4) is 0 Å². The topological polar surface area (TPSA) is 80.3 Å². The molecule has 0 saturated heterocycles. The number of hydrogen-bond acceptors (Lipinski definition) is 7. The minimum Gasteiger partial charge on any atom is -0.493 e. The van der Waals surface area contributed by atoms with Crippen LogP contribution in [-0.4, -0.2) is 33.3 Å². The molecule has 0 aliphatic rings. The molecule has 0 heterocycles. The molecule has 21 heavy (non-hydrogen) atoms. The number of carbonyl (C=O) groups is 2. The molecular formula is C14H18O7. The zero-order chi connectivity index (χ0) is 16.0. The highest BCUT2D eigenvalue weighted by molar-refractivity contribution is 5.68. The Bertz CT molecular complexity index is 483. The average Bonchev–Trinajstić information content (AvgIpc) is 2.43. The molecule has 7 nitrogen and oxygen atoms in total. The van der Waals surface area contributed by atoms with Gasteiger partial charge < -0.3 is 23.7 Å². The second-order valence-corrected chi connectivity index (χ2v) is 4.01. The Morgan fingerprint density at radius 3 is 1.57 bits per heavy atom. The monoisotopic (exact) mass is 298 g/mol. The minimum absolute atomic E-state index is 0.358. The zero-order valence-corrected chi connectivity index (χ0v) is 12.6. The fraction of sp³-hybridized carbons (Fsp3) is 0.429. The van der Waals surface area contributed by atoms with E-state index in [0.717, 1.165) is 0 Å². The molecule has 0 saturated carbocycles. The van der Waals surface area contributed by atoms with Gasteiger partial charge in [0.25, 0.3) is 6.29 Å². The van der Waals surface area contributed by atoms with Crippen molar-refractivity contribution in [2.24, 2.45) is 0 Å². The van der Waals surface area contributed by atoms with Crippen molar-refractivity contribution in [1.29, 1.82) is 0 Å². The van der Waals surface area contributed by atoms with E-state index in [2.05, 4.69) is 0 Å². The van der Waals surface area contributed by atoms with Crippen LogP contribution < -0.4 is 14.2 Å². The molecule has 0 fully saturated rings. The van der Waals surface area contributed by atoms with Gasteiger partial charge in [0.1, 0.15) is 0 Å². The smallest absolute Gasteiger partial charge is 0.305 e. The molecule has 0 unspecified atom stereocenters. The van der Waals surface area contributed by atoms with Crippen LogP contribution in [0.4, 0.5) is 0 Å². The van der Waals surface area contributed by atoms with Crippen molar-refractivity contribution in [1.82, 2.24) is 0 Å². The predicted molar refractivity (Wildman–Crippen MR) is 72.4 cm³/mol. The van der Waals surface area contributed by atoms with Gasteiger partial charge >= 0.3 is 11.9 Å². The summed E-state index contributed by atoms with van der Waals surface area (Å²) >= 11 is 0. The van der Waals surface area contributed by atoms with Crippen LogP contribution in [0, 0.1) is 0 Å². The molecule has 0 spiro atoms. The van der Waals surface area contributed by atoms with Gasteiger partial charge in [-0.25, -0.2) is 0 Å². The highest BCUT2D eigenvalue weighted by Crippen LogP contribution is 2.40. The Kier molecular flexibility index (Phi) is 5.83. The summed E-state index contributed by atoms with van der Waals surface area (Å²) in [5, 5.41) is 0. The molecule has 0 radical (unpaired) electrons. The maximum Gasteiger partial charge on any atom is 0.305 e. The molecule has 0 N–H and O–H groups in total. The second-order valence-electron chi connectivity index (χ2n) is 4.01. The average molecular weight is 298 g/mol. The number of esters is 2. The van der Waals surface area contributed by atoms with E-state index in [-0.39, 0.29) is 0 Å². The van der Waals surface area contributed by atoms with Gasteiger partial charge in [0.2, 0.25) is 5.75 Å². The highest BCUT2D eigenvalue weighted by Gasteiger charge is 2.23. The van der Waals surface area contributed by atoms with Crippen molar-refractivity contribution in [2.45, 2.75) is 20.1 Å². The van der Waals surface area contributed by atoms with Gasteiger partial charge in [-0.2, -0.15) is 0 Å². The van der Waals surface area contributed by atoms with E-state index in [4.69, 9.17) is 23.7 Å². The van der Waals surface area contributed by atoms with Crippen molar-refractivity contribution in [3.63, 3.8) is 0 Å². The lowest BCUT2D eigenvalue weighted by Crippen LogP contribution is -2.15. The number of benzene rings is 1. The van der Waals surface area contributed by atoms with Crippen molar-refractivity contribution in [2.75, 3.05) is 21.3 Å². The zero-order valence-electron chi connectivity index (χ0n) is 12.6. The van der Waals surface area contributed by atoms with Crippen LogP contribution in [0.15, 0.2) is 12.1 Å². The van der Waals surface area contributed by atoms with E-state index in [1.54, 1.807) is 0 Å². The third kappa shape index (κ3) is 4.27. The van der Waals surface area contributed by atoms with Crippen molar-refractivity contribution in [3.05, 3.63) is 17.7 Å². The summed E-state index contributed by atoms with van der Waals surface area (Å²) in [6.45, 7) is 2.43. The summed E-state index contributed by atoms with van der Waals surface area (Å²) in [5.41, 5.74) is 0.384.